The van der Waals surface area contributed by atoms with Crippen LogP contribution in [0.25, 0.3) is 0 Å². The molecule has 13 nitrogen and oxygen atoms in total. The first-order valence-electron chi connectivity index (χ1n) is 7.43. The van der Waals surface area contributed by atoms with Crippen LogP contribution in [0.2, 0.25) is 0 Å². The van der Waals surface area contributed by atoms with E-state index in [2.05, 4.69) is 10.6 Å². The maximum Gasteiger partial charge on any atom is 0.328 e. The molecule has 26 heavy (non-hydrogen) atoms. The second-order valence-corrected chi connectivity index (χ2v) is 5.33. The monoisotopic (exact) mass is 377 g/mol. The summed E-state index contributed by atoms with van der Waals surface area (Å²) in [6.07, 6.45) is -0.470. The van der Waals surface area contributed by atoms with Crippen LogP contribution >= 0.6 is 0 Å². The minimum Gasteiger partial charge on any atom is -0.480 e. The fourth-order valence-electron chi connectivity index (χ4n) is 1.64. The van der Waals surface area contributed by atoms with Crippen molar-refractivity contribution in [2.45, 2.75) is 37.5 Å². The molecule has 0 fully saturated rings. The van der Waals surface area contributed by atoms with Crippen LogP contribution in [-0.2, 0) is 24.0 Å². The number of amides is 4. The topological polar surface area (TPSA) is 234 Å². The van der Waals surface area contributed by atoms with Gasteiger partial charge in [0.1, 0.15) is 18.1 Å². The van der Waals surface area contributed by atoms with E-state index in [9.17, 15) is 29.1 Å². The van der Waals surface area contributed by atoms with Crippen LogP contribution in [0.4, 0.5) is 0 Å². The molecule has 10 N–H and O–H groups in total. The molecule has 0 heterocycles. The Hall–Kier alpha value is -2.77. The van der Waals surface area contributed by atoms with Gasteiger partial charge in [0, 0.05) is 0 Å². The summed E-state index contributed by atoms with van der Waals surface area (Å²) in [4.78, 5) is 57.0. The van der Waals surface area contributed by atoms with Crippen LogP contribution in [0.15, 0.2) is 0 Å². The molecular formula is C13H23N5O8. The summed E-state index contributed by atoms with van der Waals surface area (Å²) in [5, 5.41) is 33.0. The molecule has 0 aliphatic rings. The fraction of sp³-hybridized carbons (Fsp3) is 0.615. The number of carbonyl (C=O) groups excluding carboxylic acids is 4. The van der Waals surface area contributed by atoms with Crippen molar-refractivity contribution in [3.05, 3.63) is 0 Å². The molecule has 4 atom stereocenters. The zero-order valence-corrected chi connectivity index (χ0v) is 14.0. The highest BCUT2D eigenvalue weighted by Crippen LogP contribution is 1.93. The molecule has 0 aliphatic heterocycles. The average molecular weight is 377 g/mol. The Morgan fingerprint density at radius 1 is 0.885 bits per heavy atom. The molecule has 0 aromatic heterocycles. The highest BCUT2D eigenvalue weighted by molar-refractivity contribution is 5.94. The van der Waals surface area contributed by atoms with Gasteiger partial charge in [0.2, 0.25) is 23.6 Å². The Kier molecular flexibility index (Phi) is 9.80. The molecule has 0 radical (unpaired) electrons. The Bertz CT molecular complexity index is 555. The molecule has 148 valence electrons. The van der Waals surface area contributed by atoms with Crippen LogP contribution in [0.5, 0.6) is 0 Å². The van der Waals surface area contributed by atoms with Crippen LogP contribution in [0.3, 0.4) is 0 Å². The van der Waals surface area contributed by atoms with Crippen LogP contribution in [-0.4, -0.2) is 82.3 Å². The largest absolute Gasteiger partial charge is 0.480 e. The number of nitrogens with two attached hydrogens (primary N) is 2. The third-order valence-corrected chi connectivity index (χ3v) is 3.12. The number of carbonyl (C=O) groups is 5. The van der Waals surface area contributed by atoms with E-state index < -0.39 is 73.4 Å². The molecule has 4 amide bonds. The van der Waals surface area contributed by atoms with E-state index in [-0.39, 0.29) is 0 Å². The van der Waals surface area contributed by atoms with Crippen molar-refractivity contribution in [3.63, 3.8) is 0 Å². The van der Waals surface area contributed by atoms with Gasteiger partial charge in [-0.05, 0) is 6.92 Å². The summed E-state index contributed by atoms with van der Waals surface area (Å²) < 4.78 is 0. The fourth-order valence-corrected chi connectivity index (χ4v) is 1.64. The van der Waals surface area contributed by atoms with Gasteiger partial charge in [-0.25, -0.2) is 4.79 Å². The van der Waals surface area contributed by atoms with Gasteiger partial charge in [-0.15, -0.1) is 0 Å². The predicted molar refractivity (Wildman–Crippen MR) is 85.1 cm³/mol. The average Bonchev–Trinajstić information content (AvgIpc) is 2.55. The lowest BCUT2D eigenvalue weighted by Crippen LogP contribution is -2.57. The van der Waals surface area contributed by atoms with Crippen molar-refractivity contribution >= 4 is 29.6 Å². The SMILES string of the molecule is CC(NC(=O)C(CO)NC(=O)C(N)CC(N)=O)C(=O)NC(CO)C(=O)O. The number of nitrogens with one attached hydrogen (secondary N) is 3. The molecule has 0 spiro atoms. The van der Waals surface area contributed by atoms with Crippen molar-refractivity contribution in [1.82, 2.24) is 16.0 Å². The van der Waals surface area contributed by atoms with Gasteiger partial charge in [0.15, 0.2) is 0 Å². The van der Waals surface area contributed by atoms with Crippen molar-refractivity contribution < 1.29 is 39.3 Å². The van der Waals surface area contributed by atoms with Crippen molar-refractivity contribution in [1.29, 1.82) is 0 Å². The lowest BCUT2D eigenvalue weighted by molar-refractivity contribution is -0.143. The quantitative estimate of drug-likeness (QED) is 0.171. The number of aliphatic hydroxyl groups excluding tert-OH is 2. The minimum absolute atomic E-state index is 0.470. The molecular weight excluding hydrogens is 354 g/mol. The highest BCUT2D eigenvalue weighted by atomic mass is 16.4. The van der Waals surface area contributed by atoms with Gasteiger partial charge in [-0.2, -0.15) is 0 Å². The Balaban J connectivity index is 4.73. The van der Waals surface area contributed by atoms with Gasteiger partial charge in [-0.1, -0.05) is 0 Å². The summed E-state index contributed by atoms with van der Waals surface area (Å²) in [5.41, 5.74) is 10.3. The van der Waals surface area contributed by atoms with Gasteiger partial charge in [-0.3, -0.25) is 19.2 Å². The normalized spacial score (nSPS) is 15.1. The first-order valence-corrected chi connectivity index (χ1v) is 7.43. The molecule has 0 aliphatic carbocycles. The Morgan fingerprint density at radius 2 is 1.38 bits per heavy atom. The highest BCUT2D eigenvalue weighted by Gasteiger charge is 2.28. The molecule has 0 bridgehead atoms. The second-order valence-electron chi connectivity index (χ2n) is 5.33. The van der Waals surface area contributed by atoms with E-state index in [0.29, 0.717) is 0 Å². The number of carboxylic acid groups (broad SMARTS) is 1. The first kappa shape index (κ1) is 23.2. The Labute approximate surface area is 148 Å². The van der Waals surface area contributed by atoms with E-state index in [0.717, 1.165) is 0 Å². The number of carboxylic acids is 1. The molecule has 0 aromatic rings. The number of hydrogen-bond acceptors (Lipinski definition) is 8. The molecule has 13 heteroatoms. The number of primary amides is 1. The standard InChI is InChI=1S/C13H23N5O8/c1-5(10(22)18-8(4-20)13(25)26)16-12(24)7(3-19)17-11(23)6(14)2-9(15)21/h5-8,19-20H,2-4,14H2,1H3,(H2,15,21)(H,16,24)(H,17,23)(H,18,22)(H,25,26). The smallest absolute Gasteiger partial charge is 0.328 e. The van der Waals surface area contributed by atoms with E-state index >= 15 is 0 Å². The Morgan fingerprint density at radius 3 is 1.81 bits per heavy atom. The lowest BCUT2D eigenvalue weighted by Gasteiger charge is -2.21. The van der Waals surface area contributed by atoms with E-state index in [4.69, 9.17) is 21.7 Å². The van der Waals surface area contributed by atoms with E-state index in [1.54, 1.807) is 0 Å². The van der Waals surface area contributed by atoms with E-state index in [1.165, 1.54) is 6.92 Å². The summed E-state index contributed by atoms with van der Waals surface area (Å²) in [6.45, 7) is -0.461. The molecule has 0 saturated carbocycles. The number of hydrogen-bond donors (Lipinski definition) is 8. The third kappa shape index (κ3) is 7.87. The summed E-state index contributed by atoms with van der Waals surface area (Å²) >= 11 is 0. The molecule has 4 unspecified atom stereocenters. The molecule has 0 saturated heterocycles. The molecule has 0 rings (SSSR count). The predicted octanol–water partition coefficient (Wildman–Crippen LogP) is -5.27. The third-order valence-electron chi connectivity index (χ3n) is 3.12. The van der Waals surface area contributed by atoms with Crippen LogP contribution < -0.4 is 27.4 Å². The summed E-state index contributed by atoms with van der Waals surface area (Å²) in [5.74, 6) is -5.08. The van der Waals surface area contributed by atoms with Gasteiger partial charge in [0.25, 0.3) is 0 Å². The number of rotatable bonds is 11. The van der Waals surface area contributed by atoms with Gasteiger partial charge in [0.05, 0.1) is 25.7 Å². The van der Waals surface area contributed by atoms with Gasteiger partial charge < -0.3 is 42.7 Å². The summed E-state index contributed by atoms with van der Waals surface area (Å²) in [7, 11) is 0. The minimum atomic E-state index is -1.55. The zero-order valence-electron chi connectivity index (χ0n) is 14.0. The maximum atomic E-state index is 12.0. The van der Waals surface area contributed by atoms with Crippen LogP contribution in [0, 0.1) is 0 Å². The van der Waals surface area contributed by atoms with Crippen molar-refractivity contribution in [3.8, 4) is 0 Å². The lowest BCUT2D eigenvalue weighted by atomic mass is 10.1. The number of aliphatic carboxylic acids is 1. The van der Waals surface area contributed by atoms with Crippen molar-refractivity contribution in [2.24, 2.45) is 11.5 Å². The zero-order chi connectivity index (χ0) is 20.4. The van der Waals surface area contributed by atoms with Crippen LogP contribution in [0.1, 0.15) is 13.3 Å². The first-order chi connectivity index (χ1) is 12.0. The number of aliphatic hydroxyl groups is 2. The van der Waals surface area contributed by atoms with Crippen molar-refractivity contribution in [2.75, 3.05) is 13.2 Å². The molecule has 0 aromatic carbocycles. The van der Waals surface area contributed by atoms with E-state index in [1.807, 2.05) is 5.32 Å². The maximum absolute atomic E-state index is 12.0. The van der Waals surface area contributed by atoms with Gasteiger partial charge >= 0.3 is 5.97 Å². The summed E-state index contributed by atoms with van der Waals surface area (Å²) in [6, 6.07) is -5.58. The second kappa shape index (κ2) is 11.0.